The Bertz CT molecular complexity index is 410. The molecule has 2 unspecified atom stereocenters. The van der Waals surface area contributed by atoms with Crippen LogP contribution in [0.4, 0.5) is 0 Å². The van der Waals surface area contributed by atoms with Gasteiger partial charge in [0.25, 0.3) is 10.2 Å². The lowest BCUT2D eigenvalue weighted by molar-refractivity contribution is 0.0687. The summed E-state index contributed by atoms with van der Waals surface area (Å²) in [5, 5.41) is 3.50. The first kappa shape index (κ1) is 17.1. The number of nitrogens with zero attached hydrogens (tertiary/aromatic N) is 2. The maximum Gasteiger partial charge on any atom is 0.282 e. The molecule has 124 valence electrons. The zero-order chi connectivity index (χ0) is 15.3. The van der Waals surface area contributed by atoms with Gasteiger partial charge in [-0.25, -0.2) is 0 Å². The van der Waals surface area contributed by atoms with Crippen LogP contribution in [0.5, 0.6) is 0 Å². The van der Waals surface area contributed by atoms with Crippen LogP contribution in [0.2, 0.25) is 0 Å². The Hall–Kier alpha value is -0.210. The number of hydrogen-bond donors (Lipinski definition) is 1. The van der Waals surface area contributed by atoms with Crippen LogP contribution in [0.1, 0.15) is 33.1 Å². The van der Waals surface area contributed by atoms with Crippen molar-refractivity contribution in [3.05, 3.63) is 0 Å². The molecular weight excluding hydrogens is 290 g/mol. The van der Waals surface area contributed by atoms with Crippen LogP contribution >= 0.6 is 0 Å². The summed E-state index contributed by atoms with van der Waals surface area (Å²) in [5.74, 6) is 0.404. The summed E-state index contributed by atoms with van der Waals surface area (Å²) >= 11 is 0. The maximum atomic E-state index is 12.7. The lowest BCUT2D eigenvalue weighted by atomic mass is 9.93. The van der Waals surface area contributed by atoms with E-state index in [0.29, 0.717) is 51.4 Å². The van der Waals surface area contributed by atoms with Crippen molar-refractivity contribution >= 4 is 10.2 Å². The van der Waals surface area contributed by atoms with Gasteiger partial charge in [-0.15, -0.1) is 0 Å². The average Bonchev–Trinajstić information content (AvgIpc) is 2.53. The smallest absolute Gasteiger partial charge is 0.282 e. The van der Waals surface area contributed by atoms with Gasteiger partial charge >= 0.3 is 0 Å². The number of nitrogens with one attached hydrogen (secondary N) is 1. The second-order valence-corrected chi connectivity index (χ2v) is 7.95. The standard InChI is InChI=1S/C14H29N3O3S/c1-3-6-15-13(2)14-5-4-7-17(12-14)21(18,19)16-8-10-20-11-9-16/h13-15H,3-12H2,1-2H3. The SMILES string of the molecule is CCCNC(C)C1CCCN(S(=O)(=O)N2CCOCC2)C1. The molecule has 0 radical (unpaired) electrons. The van der Waals surface area contributed by atoms with Crippen LogP contribution in [-0.4, -0.2) is 69.0 Å². The summed E-state index contributed by atoms with van der Waals surface area (Å²) in [6, 6.07) is 0.368. The maximum absolute atomic E-state index is 12.7. The van der Waals surface area contributed by atoms with E-state index in [-0.39, 0.29) is 0 Å². The van der Waals surface area contributed by atoms with E-state index >= 15 is 0 Å². The molecule has 2 rings (SSSR count). The van der Waals surface area contributed by atoms with Gasteiger partial charge in [-0.3, -0.25) is 0 Å². The monoisotopic (exact) mass is 319 g/mol. The molecule has 0 bridgehead atoms. The Morgan fingerprint density at radius 3 is 2.62 bits per heavy atom. The molecule has 0 aromatic rings. The summed E-state index contributed by atoms with van der Waals surface area (Å²) in [6.07, 6.45) is 3.16. The summed E-state index contributed by atoms with van der Waals surface area (Å²) < 4.78 is 33.9. The molecule has 21 heavy (non-hydrogen) atoms. The highest BCUT2D eigenvalue weighted by atomic mass is 32.2. The number of piperidine rings is 1. The van der Waals surface area contributed by atoms with Crippen LogP contribution in [0, 0.1) is 5.92 Å². The van der Waals surface area contributed by atoms with Gasteiger partial charge in [-0.1, -0.05) is 6.92 Å². The molecule has 2 heterocycles. The topological polar surface area (TPSA) is 61.9 Å². The Kier molecular flexibility index (Phi) is 6.43. The summed E-state index contributed by atoms with van der Waals surface area (Å²) in [7, 11) is -3.31. The molecule has 2 saturated heterocycles. The third kappa shape index (κ3) is 4.39. The molecule has 2 atom stereocenters. The van der Waals surface area contributed by atoms with E-state index in [1.54, 1.807) is 8.61 Å². The Balaban J connectivity index is 1.96. The van der Waals surface area contributed by atoms with Gasteiger partial charge < -0.3 is 10.1 Å². The number of morpholine rings is 1. The third-order valence-corrected chi connectivity index (χ3v) is 6.47. The quantitative estimate of drug-likeness (QED) is 0.781. The number of rotatable bonds is 6. The van der Waals surface area contributed by atoms with Gasteiger partial charge in [-0.2, -0.15) is 17.0 Å². The van der Waals surface area contributed by atoms with Crippen LogP contribution in [0.3, 0.4) is 0 Å². The lowest BCUT2D eigenvalue weighted by Gasteiger charge is -2.38. The third-order valence-electron chi connectivity index (χ3n) is 4.47. The largest absolute Gasteiger partial charge is 0.379 e. The highest BCUT2D eigenvalue weighted by molar-refractivity contribution is 7.86. The predicted octanol–water partition coefficient (Wildman–Crippen LogP) is 0.664. The highest BCUT2D eigenvalue weighted by Gasteiger charge is 2.35. The van der Waals surface area contributed by atoms with Crippen molar-refractivity contribution in [3.8, 4) is 0 Å². The van der Waals surface area contributed by atoms with Gasteiger partial charge in [0.2, 0.25) is 0 Å². The summed E-state index contributed by atoms with van der Waals surface area (Å²) in [6.45, 7) is 8.57. The van der Waals surface area contributed by atoms with Crippen molar-refractivity contribution in [1.82, 2.24) is 13.9 Å². The molecule has 0 aromatic heterocycles. The van der Waals surface area contributed by atoms with E-state index in [4.69, 9.17) is 4.74 Å². The van der Waals surface area contributed by atoms with Crippen molar-refractivity contribution in [3.63, 3.8) is 0 Å². The van der Waals surface area contributed by atoms with E-state index < -0.39 is 10.2 Å². The highest BCUT2D eigenvalue weighted by Crippen LogP contribution is 2.24. The molecule has 0 amide bonds. The van der Waals surface area contributed by atoms with Gasteiger partial charge in [0.15, 0.2) is 0 Å². The van der Waals surface area contributed by atoms with E-state index in [0.717, 1.165) is 25.8 Å². The average molecular weight is 319 g/mol. The molecule has 0 aliphatic carbocycles. The summed E-state index contributed by atoms with van der Waals surface area (Å²) in [4.78, 5) is 0. The zero-order valence-corrected chi connectivity index (χ0v) is 14.1. The molecule has 1 N–H and O–H groups in total. The minimum Gasteiger partial charge on any atom is -0.379 e. The molecule has 2 aliphatic heterocycles. The molecule has 0 saturated carbocycles. The number of ether oxygens (including phenoxy) is 1. The first-order chi connectivity index (χ1) is 10.1. The summed E-state index contributed by atoms with van der Waals surface area (Å²) in [5.41, 5.74) is 0. The Morgan fingerprint density at radius 2 is 1.95 bits per heavy atom. The van der Waals surface area contributed by atoms with Crippen LogP contribution in [0.25, 0.3) is 0 Å². The van der Waals surface area contributed by atoms with Crippen molar-refractivity contribution < 1.29 is 13.2 Å². The van der Waals surface area contributed by atoms with Gasteiger partial charge in [0, 0.05) is 32.2 Å². The molecular formula is C14H29N3O3S. The first-order valence-electron chi connectivity index (χ1n) is 8.12. The van der Waals surface area contributed by atoms with Crippen molar-refractivity contribution in [1.29, 1.82) is 0 Å². The fraction of sp³-hybridized carbons (Fsp3) is 1.00. The fourth-order valence-corrected chi connectivity index (χ4v) is 4.75. The molecule has 7 heteroatoms. The second kappa shape index (κ2) is 7.87. The minimum absolute atomic E-state index is 0.368. The molecule has 0 spiro atoms. The van der Waals surface area contributed by atoms with E-state index in [2.05, 4.69) is 19.2 Å². The lowest BCUT2D eigenvalue weighted by Crippen LogP contribution is -2.53. The van der Waals surface area contributed by atoms with Gasteiger partial charge in [0.05, 0.1) is 13.2 Å². The minimum atomic E-state index is -3.31. The second-order valence-electron chi connectivity index (χ2n) is 6.02. The van der Waals surface area contributed by atoms with Crippen molar-refractivity contribution in [2.45, 2.75) is 39.2 Å². The molecule has 6 nitrogen and oxygen atoms in total. The van der Waals surface area contributed by atoms with Crippen LogP contribution in [0.15, 0.2) is 0 Å². The van der Waals surface area contributed by atoms with E-state index in [9.17, 15) is 8.42 Å². The van der Waals surface area contributed by atoms with Crippen molar-refractivity contribution in [2.24, 2.45) is 5.92 Å². The zero-order valence-electron chi connectivity index (χ0n) is 13.3. The Morgan fingerprint density at radius 1 is 1.24 bits per heavy atom. The fourth-order valence-electron chi connectivity index (χ4n) is 3.07. The normalized spacial score (nSPS) is 27.6. The van der Waals surface area contributed by atoms with E-state index in [1.165, 1.54) is 0 Å². The first-order valence-corrected chi connectivity index (χ1v) is 9.51. The van der Waals surface area contributed by atoms with Gasteiger partial charge in [0.1, 0.15) is 0 Å². The van der Waals surface area contributed by atoms with Gasteiger partial charge in [-0.05, 0) is 38.6 Å². The predicted molar refractivity (Wildman–Crippen MR) is 83.4 cm³/mol. The molecule has 2 aliphatic rings. The molecule has 2 fully saturated rings. The van der Waals surface area contributed by atoms with Crippen molar-refractivity contribution in [2.75, 3.05) is 45.9 Å². The number of hydrogen-bond acceptors (Lipinski definition) is 4. The van der Waals surface area contributed by atoms with E-state index in [1.807, 2.05) is 0 Å². The van der Waals surface area contributed by atoms with Crippen LogP contribution in [-0.2, 0) is 14.9 Å². The molecule has 0 aromatic carbocycles. The Labute approximate surface area is 129 Å². The van der Waals surface area contributed by atoms with Crippen LogP contribution < -0.4 is 5.32 Å².